The standard InChI is InChI=1S/C10H21N3OS/c1-12(2)10(14)9-11-3-4-13-5-7-15-8-6-13/h11H,3-9H2,1-2H3. The van der Waals surface area contributed by atoms with Crippen molar-refractivity contribution in [2.75, 3.05) is 58.3 Å². The van der Waals surface area contributed by atoms with E-state index in [0.717, 1.165) is 13.1 Å². The second-order valence-corrected chi connectivity index (χ2v) is 5.14. The summed E-state index contributed by atoms with van der Waals surface area (Å²) in [5, 5.41) is 3.17. The van der Waals surface area contributed by atoms with Crippen LogP contribution in [0.1, 0.15) is 0 Å². The summed E-state index contributed by atoms with van der Waals surface area (Å²) in [7, 11) is 3.57. The van der Waals surface area contributed by atoms with Gasteiger partial charge in [-0.15, -0.1) is 0 Å². The Balaban J connectivity index is 1.98. The summed E-state index contributed by atoms with van der Waals surface area (Å²) in [6, 6.07) is 0. The minimum atomic E-state index is 0.143. The van der Waals surface area contributed by atoms with Crippen LogP contribution in [0.15, 0.2) is 0 Å². The lowest BCUT2D eigenvalue weighted by Crippen LogP contribution is -2.40. The number of thioether (sulfide) groups is 1. The fourth-order valence-electron chi connectivity index (χ4n) is 1.42. The van der Waals surface area contributed by atoms with E-state index in [2.05, 4.69) is 10.2 Å². The SMILES string of the molecule is CN(C)C(=O)CNCCN1CCSCC1. The highest BCUT2D eigenvalue weighted by Gasteiger charge is 2.09. The van der Waals surface area contributed by atoms with E-state index in [1.165, 1.54) is 24.6 Å². The van der Waals surface area contributed by atoms with E-state index < -0.39 is 0 Å². The fraction of sp³-hybridized carbons (Fsp3) is 0.900. The molecule has 0 aliphatic carbocycles. The smallest absolute Gasteiger partial charge is 0.236 e. The zero-order chi connectivity index (χ0) is 11.1. The molecule has 0 bridgehead atoms. The lowest BCUT2D eigenvalue weighted by atomic mass is 10.4. The molecule has 1 aliphatic heterocycles. The molecule has 0 saturated carbocycles. The van der Waals surface area contributed by atoms with Crippen LogP contribution in [0.4, 0.5) is 0 Å². The van der Waals surface area contributed by atoms with Gasteiger partial charge in [-0.1, -0.05) is 0 Å². The molecule has 1 saturated heterocycles. The van der Waals surface area contributed by atoms with Gasteiger partial charge >= 0.3 is 0 Å². The predicted octanol–water partition coefficient (Wildman–Crippen LogP) is -0.287. The molecule has 88 valence electrons. The molecule has 0 spiro atoms. The van der Waals surface area contributed by atoms with Crippen LogP contribution in [0, 0.1) is 0 Å². The number of nitrogens with one attached hydrogen (secondary N) is 1. The number of amides is 1. The molecule has 1 rings (SSSR count). The average molecular weight is 231 g/mol. The summed E-state index contributed by atoms with van der Waals surface area (Å²) in [6.07, 6.45) is 0. The summed E-state index contributed by atoms with van der Waals surface area (Å²) < 4.78 is 0. The van der Waals surface area contributed by atoms with Crippen molar-refractivity contribution in [3.63, 3.8) is 0 Å². The monoisotopic (exact) mass is 231 g/mol. The van der Waals surface area contributed by atoms with Gasteiger partial charge in [-0.05, 0) is 0 Å². The number of rotatable bonds is 5. The molecule has 0 radical (unpaired) electrons. The van der Waals surface area contributed by atoms with E-state index in [-0.39, 0.29) is 5.91 Å². The number of likely N-dealkylation sites (N-methyl/N-ethyl adjacent to an activating group) is 1. The van der Waals surface area contributed by atoms with E-state index >= 15 is 0 Å². The Labute approximate surface area is 96.4 Å². The van der Waals surface area contributed by atoms with Crippen molar-refractivity contribution in [2.45, 2.75) is 0 Å². The molecule has 1 amide bonds. The highest BCUT2D eigenvalue weighted by Crippen LogP contribution is 2.07. The Morgan fingerprint density at radius 1 is 1.40 bits per heavy atom. The summed E-state index contributed by atoms with van der Waals surface area (Å²) >= 11 is 2.02. The van der Waals surface area contributed by atoms with Crippen LogP contribution in [0.25, 0.3) is 0 Å². The van der Waals surface area contributed by atoms with Gasteiger partial charge in [0.2, 0.25) is 5.91 Å². The lowest BCUT2D eigenvalue weighted by Gasteiger charge is -2.26. The normalized spacial score (nSPS) is 17.7. The van der Waals surface area contributed by atoms with Crippen molar-refractivity contribution >= 4 is 17.7 Å². The summed E-state index contributed by atoms with van der Waals surface area (Å²) in [4.78, 5) is 15.3. The third-order valence-corrected chi connectivity index (χ3v) is 3.43. The van der Waals surface area contributed by atoms with E-state index in [4.69, 9.17) is 0 Å². The molecule has 0 aromatic heterocycles. The molecular weight excluding hydrogens is 210 g/mol. The summed E-state index contributed by atoms with van der Waals surface area (Å²) in [5.41, 5.74) is 0. The van der Waals surface area contributed by atoms with Gasteiger partial charge in [-0.2, -0.15) is 11.8 Å². The van der Waals surface area contributed by atoms with Crippen LogP contribution in [0.5, 0.6) is 0 Å². The van der Waals surface area contributed by atoms with Crippen LogP contribution >= 0.6 is 11.8 Å². The third-order valence-electron chi connectivity index (χ3n) is 2.48. The van der Waals surface area contributed by atoms with Crippen LogP contribution in [-0.4, -0.2) is 74.0 Å². The minimum Gasteiger partial charge on any atom is -0.348 e. The predicted molar refractivity (Wildman–Crippen MR) is 65.3 cm³/mol. The Bertz CT molecular complexity index is 193. The molecule has 1 N–H and O–H groups in total. The van der Waals surface area contributed by atoms with Gasteiger partial charge in [-0.25, -0.2) is 0 Å². The zero-order valence-electron chi connectivity index (χ0n) is 9.66. The number of nitrogens with zero attached hydrogens (tertiary/aromatic N) is 2. The topological polar surface area (TPSA) is 35.6 Å². The first-order valence-corrected chi connectivity index (χ1v) is 6.56. The quantitative estimate of drug-likeness (QED) is 0.660. The molecule has 0 unspecified atom stereocenters. The lowest BCUT2D eigenvalue weighted by molar-refractivity contribution is -0.127. The highest BCUT2D eigenvalue weighted by atomic mass is 32.2. The first-order valence-electron chi connectivity index (χ1n) is 5.41. The van der Waals surface area contributed by atoms with E-state index in [1.54, 1.807) is 19.0 Å². The average Bonchev–Trinajstić information content (AvgIpc) is 2.25. The number of hydrogen-bond acceptors (Lipinski definition) is 4. The number of carbonyl (C=O) groups excluding carboxylic acids is 1. The fourth-order valence-corrected chi connectivity index (χ4v) is 2.39. The first-order chi connectivity index (χ1) is 7.20. The second kappa shape index (κ2) is 7.09. The maximum absolute atomic E-state index is 11.2. The van der Waals surface area contributed by atoms with E-state index in [9.17, 15) is 4.79 Å². The number of carbonyl (C=O) groups is 1. The largest absolute Gasteiger partial charge is 0.348 e. The van der Waals surface area contributed by atoms with E-state index in [0.29, 0.717) is 6.54 Å². The molecule has 0 aromatic rings. The third kappa shape index (κ3) is 5.39. The Morgan fingerprint density at radius 3 is 2.67 bits per heavy atom. The van der Waals surface area contributed by atoms with Crippen molar-refractivity contribution < 1.29 is 4.79 Å². The molecule has 0 atom stereocenters. The van der Waals surface area contributed by atoms with Gasteiger partial charge < -0.3 is 15.1 Å². The molecule has 1 aliphatic rings. The van der Waals surface area contributed by atoms with Crippen LogP contribution in [-0.2, 0) is 4.79 Å². The van der Waals surface area contributed by atoms with Crippen molar-refractivity contribution in [3.8, 4) is 0 Å². The maximum atomic E-state index is 11.2. The molecule has 4 nitrogen and oxygen atoms in total. The maximum Gasteiger partial charge on any atom is 0.236 e. The Kier molecular flexibility index (Phi) is 6.05. The second-order valence-electron chi connectivity index (χ2n) is 3.92. The van der Waals surface area contributed by atoms with Gasteiger partial charge in [0.25, 0.3) is 0 Å². The minimum absolute atomic E-state index is 0.143. The van der Waals surface area contributed by atoms with Crippen molar-refractivity contribution in [2.24, 2.45) is 0 Å². The van der Waals surface area contributed by atoms with Gasteiger partial charge in [0, 0.05) is 51.8 Å². The first kappa shape index (κ1) is 12.8. The number of hydrogen-bond donors (Lipinski definition) is 1. The Morgan fingerprint density at radius 2 is 2.07 bits per heavy atom. The van der Waals surface area contributed by atoms with Gasteiger partial charge in [-0.3, -0.25) is 4.79 Å². The van der Waals surface area contributed by atoms with Crippen LogP contribution in [0.2, 0.25) is 0 Å². The molecule has 5 heteroatoms. The van der Waals surface area contributed by atoms with E-state index in [1.807, 2.05) is 11.8 Å². The van der Waals surface area contributed by atoms with Gasteiger partial charge in [0.05, 0.1) is 6.54 Å². The van der Waals surface area contributed by atoms with Gasteiger partial charge in [0.1, 0.15) is 0 Å². The van der Waals surface area contributed by atoms with Crippen LogP contribution < -0.4 is 5.32 Å². The molecule has 0 aromatic carbocycles. The van der Waals surface area contributed by atoms with Crippen LogP contribution in [0.3, 0.4) is 0 Å². The molecular formula is C10H21N3OS. The van der Waals surface area contributed by atoms with Crippen molar-refractivity contribution in [1.82, 2.24) is 15.1 Å². The molecule has 1 fully saturated rings. The van der Waals surface area contributed by atoms with Crippen molar-refractivity contribution in [1.29, 1.82) is 0 Å². The molecule has 1 heterocycles. The van der Waals surface area contributed by atoms with Crippen molar-refractivity contribution in [3.05, 3.63) is 0 Å². The Hall–Kier alpha value is -0.260. The zero-order valence-corrected chi connectivity index (χ0v) is 10.5. The summed E-state index contributed by atoms with van der Waals surface area (Å²) in [5.74, 6) is 2.64. The summed E-state index contributed by atoms with van der Waals surface area (Å²) in [6.45, 7) is 4.79. The highest BCUT2D eigenvalue weighted by molar-refractivity contribution is 7.99. The molecule has 15 heavy (non-hydrogen) atoms. The van der Waals surface area contributed by atoms with Gasteiger partial charge in [0.15, 0.2) is 0 Å².